The summed E-state index contributed by atoms with van der Waals surface area (Å²) in [5.41, 5.74) is 1.78. The maximum absolute atomic E-state index is 10.8. The summed E-state index contributed by atoms with van der Waals surface area (Å²) in [6.07, 6.45) is 0. The predicted molar refractivity (Wildman–Crippen MR) is 82.9 cm³/mol. The molecule has 6 nitrogen and oxygen atoms in total. The topological polar surface area (TPSA) is 79.4 Å². The van der Waals surface area contributed by atoms with Crippen LogP contribution in [0.1, 0.15) is 11.1 Å². The van der Waals surface area contributed by atoms with Crippen molar-refractivity contribution in [2.75, 3.05) is 19.1 Å². The van der Waals surface area contributed by atoms with Crippen LogP contribution in [0.25, 0.3) is 0 Å². The van der Waals surface area contributed by atoms with Gasteiger partial charge in [0.15, 0.2) is 0 Å². The second-order valence-corrected chi connectivity index (χ2v) is 4.74. The zero-order chi connectivity index (χ0) is 16.1. The number of rotatable bonds is 5. The molecule has 0 aromatic heterocycles. The average Bonchev–Trinajstić information content (AvgIpc) is 2.54. The Kier molecular flexibility index (Phi) is 4.59. The number of nitro benzene ring substituents is 1. The molecule has 112 valence electrons. The molecule has 22 heavy (non-hydrogen) atoms. The first kappa shape index (κ1) is 15.3. The largest absolute Gasteiger partial charge is 0.496 e. The Morgan fingerprint density at radius 2 is 2.05 bits per heavy atom. The number of hydrogen-bond donors (Lipinski definition) is 0. The predicted octanol–water partition coefficient (Wildman–Crippen LogP) is 3.11. The van der Waals surface area contributed by atoms with E-state index < -0.39 is 4.92 Å². The van der Waals surface area contributed by atoms with E-state index in [9.17, 15) is 15.4 Å². The van der Waals surface area contributed by atoms with E-state index in [2.05, 4.69) is 0 Å². The smallest absolute Gasteiger partial charge is 0.270 e. The van der Waals surface area contributed by atoms with Crippen LogP contribution in [0.5, 0.6) is 5.75 Å². The summed E-state index contributed by atoms with van der Waals surface area (Å²) in [6, 6.07) is 13.9. The lowest BCUT2D eigenvalue weighted by atomic mass is 10.1. The number of para-hydroxylation sites is 1. The molecule has 0 fully saturated rings. The third-order valence-corrected chi connectivity index (χ3v) is 3.32. The summed E-state index contributed by atoms with van der Waals surface area (Å²) in [7, 11) is 3.43. The van der Waals surface area contributed by atoms with Gasteiger partial charge in [-0.2, -0.15) is 5.26 Å². The third kappa shape index (κ3) is 3.15. The molecule has 2 aromatic carbocycles. The summed E-state index contributed by atoms with van der Waals surface area (Å²) in [5.74, 6) is 0.759. The molecular weight excluding hydrogens is 282 g/mol. The Hall–Kier alpha value is -3.07. The highest BCUT2D eigenvalue weighted by molar-refractivity contribution is 5.63. The second-order valence-electron chi connectivity index (χ2n) is 4.74. The summed E-state index contributed by atoms with van der Waals surface area (Å²) in [5, 5.41) is 20.0. The number of hydrogen-bond acceptors (Lipinski definition) is 5. The Morgan fingerprint density at radius 3 is 2.68 bits per heavy atom. The minimum atomic E-state index is -0.509. The minimum absolute atomic E-state index is 0.0917. The molecule has 0 aliphatic heterocycles. The van der Waals surface area contributed by atoms with Crippen molar-refractivity contribution < 1.29 is 9.66 Å². The van der Waals surface area contributed by atoms with Crippen LogP contribution in [0.4, 0.5) is 11.4 Å². The van der Waals surface area contributed by atoms with Crippen molar-refractivity contribution >= 4 is 11.4 Å². The van der Waals surface area contributed by atoms with Gasteiger partial charge in [0.1, 0.15) is 11.8 Å². The summed E-state index contributed by atoms with van der Waals surface area (Å²) in [6.45, 7) is 0.524. The van der Waals surface area contributed by atoms with Gasteiger partial charge in [0.05, 0.1) is 23.3 Å². The van der Waals surface area contributed by atoms with Gasteiger partial charge in [0.25, 0.3) is 5.69 Å². The van der Waals surface area contributed by atoms with Crippen molar-refractivity contribution in [1.29, 1.82) is 5.26 Å². The molecular formula is C16H15N3O3. The van der Waals surface area contributed by atoms with Crippen LogP contribution >= 0.6 is 0 Å². The first-order chi connectivity index (χ1) is 10.6. The fraction of sp³-hybridized carbons (Fsp3) is 0.188. The standard InChI is InChI=1S/C16H15N3O3/c1-18(11-12-5-3-4-6-16(12)22-2)15-8-7-14(19(20)21)9-13(15)10-17/h3-9H,11H2,1-2H3. The Labute approximate surface area is 128 Å². The number of ether oxygens (including phenoxy) is 1. The van der Waals surface area contributed by atoms with Gasteiger partial charge >= 0.3 is 0 Å². The van der Waals surface area contributed by atoms with Crippen LogP contribution in [-0.2, 0) is 6.54 Å². The highest BCUT2D eigenvalue weighted by atomic mass is 16.6. The van der Waals surface area contributed by atoms with Gasteiger partial charge in [-0.3, -0.25) is 10.1 Å². The van der Waals surface area contributed by atoms with Gasteiger partial charge < -0.3 is 9.64 Å². The normalized spacial score (nSPS) is 9.86. The number of non-ortho nitro benzene ring substituents is 1. The fourth-order valence-electron chi connectivity index (χ4n) is 2.23. The summed E-state index contributed by atoms with van der Waals surface area (Å²) < 4.78 is 5.31. The van der Waals surface area contributed by atoms with Gasteiger partial charge in [-0.25, -0.2) is 0 Å². The van der Waals surface area contributed by atoms with Crippen molar-refractivity contribution in [3.8, 4) is 11.8 Å². The van der Waals surface area contributed by atoms with Crippen molar-refractivity contribution in [1.82, 2.24) is 0 Å². The molecule has 6 heteroatoms. The highest BCUT2D eigenvalue weighted by Crippen LogP contribution is 2.27. The molecule has 2 aromatic rings. The van der Waals surface area contributed by atoms with E-state index in [0.717, 1.165) is 11.3 Å². The van der Waals surface area contributed by atoms with Crippen LogP contribution in [0.3, 0.4) is 0 Å². The van der Waals surface area contributed by atoms with E-state index >= 15 is 0 Å². The van der Waals surface area contributed by atoms with Crippen molar-refractivity contribution in [3.63, 3.8) is 0 Å². The van der Waals surface area contributed by atoms with Crippen molar-refractivity contribution in [2.24, 2.45) is 0 Å². The van der Waals surface area contributed by atoms with E-state index in [-0.39, 0.29) is 11.3 Å². The number of benzene rings is 2. The van der Waals surface area contributed by atoms with Gasteiger partial charge in [-0.15, -0.1) is 0 Å². The SMILES string of the molecule is COc1ccccc1CN(C)c1ccc([N+](=O)[O-])cc1C#N. The molecule has 0 spiro atoms. The lowest BCUT2D eigenvalue weighted by molar-refractivity contribution is -0.384. The molecule has 0 bridgehead atoms. The Balaban J connectivity index is 2.32. The maximum Gasteiger partial charge on any atom is 0.270 e. The van der Waals surface area contributed by atoms with Gasteiger partial charge in [-0.05, 0) is 12.1 Å². The van der Waals surface area contributed by atoms with E-state index in [1.54, 1.807) is 13.2 Å². The molecule has 2 rings (SSSR count). The van der Waals surface area contributed by atoms with Crippen LogP contribution in [-0.4, -0.2) is 19.1 Å². The highest BCUT2D eigenvalue weighted by Gasteiger charge is 2.14. The third-order valence-electron chi connectivity index (χ3n) is 3.32. The molecule has 0 unspecified atom stereocenters. The molecule has 0 N–H and O–H groups in total. The lowest BCUT2D eigenvalue weighted by Crippen LogP contribution is -2.18. The second kappa shape index (κ2) is 6.59. The van der Waals surface area contributed by atoms with Crippen molar-refractivity contribution in [2.45, 2.75) is 6.54 Å². The summed E-state index contributed by atoms with van der Waals surface area (Å²) >= 11 is 0. The fourth-order valence-corrected chi connectivity index (χ4v) is 2.23. The molecule has 0 amide bonds. The number of methoxy groups -OCH3 is 1. The number of nitriles is 1. The Bertz CT molecular complexity index is 738. The first-order valence-electron chi connectivity index (χ1n) is 6.58. The van der Waals surface area contributed by atoms with Gasteiger partial charge in [0.2, 0.25) is 0 Å². The molecule has 0 radical (unpaired) electrons. The molecule has 0 atom stereocenters. The molecule has 0 aliphatic carbocycles. The van der Waals surface area contributed by atoms with E-state index in [1.165, 1.54) is 12.1 Å². The van der Waals surface area contributed by atoms with Crippen LogP contribution in [0, 0.1) is 21.4 Å². The van der Waals surface area contributed by atoms with Crippen LogP contribution in [0.15, 0.2) is 42.5 Å². The number of nitrogens with zero attached hydrogens (tertiary/aromatic N) is 3. The zero-order valence-electron chi connectivity index (χ0n) is 12.3. The number of anilines is 1. The van der Waals surface area contributed by atoms with Gasteiger partial charge in [0, 0.05) is 31.3 Å². The van der Waals surface area contributed by atoms with E-state index in [1.807, 2.05) is 42.3 Å². The van der Waals surface area contributed by atoms with E-state index in [4.69, 9.17) is 4.74 Å². The lowest BCUT2D eigenvalue weighted by Gasteiger charge is -2.21. The van der Waals surface area contributed by atoms with E-state index in [0.29, 0.717) is 12.2 Å². The monoisotopic (exact) mass is 297 g/mol. The van der Waals surface area contributed by atoms with Gasteiger partial charge in [-0.1, -0.05) is 18.2 Å². The van der Waals surface area contributed by atoms with Crippen LogP contribution < -0.4 is 9.64 Å². The molecule has 0 aliphatic rings. The van der Waals surface area contributed by atoms with Crippen LogP contribution in [0.2, 0.25) is 0 Å². The minimum Gasteiger partial charge on any atom is -0.496 e. The molecule has 0 saturated carbocycles. The summed E-state index contributed by atoms with van der Waals surface area (Å²) in [4.78, 5) is 12.1. The quantitative estimate of drug-likeness (QED) is 0.625. The first-order valence-corrected chi connectivity index (χ1v) is 6.58. The average molecular weight is 297 g/mol. The molecule has 0 heterocycles. The number of nitro groups is 1. The zero-order valence-corrected chi connectivity index (χ0v) is 12.3. The Morgan fingerprint density at radius 1 is 1.32 bits per heavy atom. The van der Waals surface area contributed by atoms with Crippen molar-refractivity contribution in [3.05, 3.63) is 63.7 Å². The maximum atomic E-state index is 10.8. The molecule has 0 saturated heterocycles.